The fourth-order valence-electron chi connectivity index (χ4n) is 3.39. The summed E-state index contributed by atoms with van der Waals surface area (Å²) in [5, 5.41) is 2.89. The van der Waals surface area contributed by atoms with Gasteiger partial charge in [0, 0.05) is 28.2 Å². The molecule has 31 heavy (non-hydrogen) atoms. The molecule has 0 radical (unpaired) electrons. The number of amides is 2. The minimum atomic E-state index is -0.174. The summed E-state index contributed by atoms with van der Waals surface area (Å²) in [6.45, 7) is 1.90. The first-order chi connectivity index (χ1) is 15.1. The van der Waals surface area contributed by atoms with Crippen LogP contribution in [-0.2, 0) is 0 Å². The van der Waals surface area contributed by atoms with Crippen molar-refractivity contribution in [3.8, 4) is 0 Å². The number of hydrogen-bond donors (Lipinski definition) is 1. The number of nitrogens with one attached hydrogen (secondary N) is 1. The number of carbonyl (C=O) groups is 2. The van der Waals surface area contributed by atoms with Crippen molar-refractivity contribution in [2.75, 3.05) is 10.2 Å². The Bertz CT molecular complexity index is 1150. The zero-order valence-electron chi connectivity index (χ0n) is 17.2. The van der Waals surface area contributed by atoms with E-state index in [2.05, 4.69) is 5.32 Å². The Morgan fingerprint density at radius 2 is 1.16 bits per heavy atom. The van der Waals surface area contributed by atoms with Crippen LogP contribution in [0, 0.1) is 6.92 Å². The van der Waals surface area contributed by atoms with E-state index in [1.807, 2.05) is 85.8 Å². The number of anilines is 3. The topological polar surface area (TPSA) is 49.4 Å². The predicted molar refractivity (Wildman–Crippen MR) is 125 cm³/mol. The van der Waals surface area contributed by atoms with Crippen LogP contribution in [0.2, 0.25) is 0 Å². The molecule has 0 aliphatic rings. The zero-order chi connectivity index (χ0) is 21.6. The molecular weight excluding hydrogens is 384 g/mol. The molecule has 0 bridgehead atoms. The van der Waals surface area contributed by atoms with E-state index >= 15 is 0 Å². The van der Waals surface area contributed by atoms with Gasteiger partial charge in [-0.1, -0.05) is 54.6 Å². The van der Waals surface area contributed by atoms with Gasteiger partial charge in [-0.05, 0) is 67.1 Å². The Hall–Kier alpha value is -4.18. The highest BCUT2D eigenvalue weighted by atomic mass is 16.2. The molecule has 4 nitrogen and oxygen atoms in total. The van der Waals surface area contributed by atoms with Crippen LogP contribution in [-0.4, -0.2) is 11.8 Å². The first kappa shape index (κ1) is 20.1. The first-order valence-corrected chi connectivity index (χ1v) is 10.0. The van der Waals surface area contributed by atoms with Gasteiger partial charge in [-0.2, -0.15) is 0 Å². The van der Waals surface area contributed by atoms with Gasteiger partial charge in [-0.25, -0.2) is 0 Å². The van der Waals surface area contributed by atoms with E-state index in [0.717, 1.165) is 16.9 Å². The number of rotatable bonds is 5. The molecule has 0 unspecified atom stereocenters. The van der Waals surface area contributed by atoms with Crippen LogP contribution in [0.25, 0.3) is 0 Å². The van der Waals surface area contributed by atoms with E-state index in [0.29, 0.717) is 16.8 Å². The number of aryl methyl sites for hydroxylation is 1. The molecule has 4 rings (SSSR count). The number of nitrogens with zero attached hydrogens (tertiary/aromatic N) is 1. The second kappa shape index (κ2) is 9.09. The van der Waals surface area contributed by atoms with Gasteiger partial charge >= 0.3 is 0 Å². The first-order valence-electron chi connectivity index (χ1n) is 10.0. The van der Waals surface area contributed by atoms with Crippen LogP contribution in [0.3, 0.4) is 0 Å². The summed E-state index contributed by atoms with van der Waals surface area (Å²) in [5.74, 6) is -0.318. The lowest BCUT2D eigenvalue weighted by atomic mass is 10.1. The van der Waals surface area contributed by atoms with Gasteiger partial charge in [0.25, 0.3) is 11.8 Å². The Kier molecular flexibility index (Phi) is 5.90. The average Bonchev–Trinajstić information content (AvgIpc) is 2.81. The molecule has 0 aromatic heterocycles. The molecular formula is C27H22N2O2. The Morgan fingerprint density at radius 1 is 0.645 bits per heavy atom. The molecule has 0 aliphatic carbocycles. The lowest BCUT2D eigenvalue weighted by molar-refractivity contribution is 0.0997. The van der Waals surface area contributed by atoms with E-state index in [4.69, 9.17) is 0 Å². The molecule has 0 spiro atoms. The summed E-state index contributed by atoms with van der Waals surface area (Å²) in [5.41, 5.74) is 4.28. The fraction of sp³-hybridized carbons (Fsp3) is 0.0370. The minimum Gasteiger partial charge on any atom is -0.322 e. The van der Waals surface area contributed by atoms with Gasteiger partial charge < -0.3 is 5.32 Å². The van der Waals surface area contributed by atoms with Crippen molar-refractivity contribution in [2.45, 2.75) is 6.92 Å². The largest absolute Gasteiger partial charge is 0.322 e. The zero-order valence-corrected chi connectivity index (χ0v) is 17.2. The van der Waals surface area contributed by atoms with Gasteiger partial charge in [0.15, 0.2) is 0 Å². The van der Waals surface area contributed by atoms with Crippen molar-refractivity contribution in [3.05, 3.63) is 126 Å². The molecule has 0 saturated heterocycles. The molecule has 2 amide bonds. The number of carbonyl (C=O) groups excluding carboxylic acids is 2. The molecule has 0 heterocycles. The molecule has 1 N–H and O–H groups in total. The molecule has 4 aromatic rings. The monoisotopic (exact) mass is 406 g/mol. The Balaban J connectivity index is 1.58. The van der Waals surface area contributed by atoms with Gasteiger partial charge in [0.05, 0.1) is 0 Å². The van der Waals surface area contributed by atoms with Crippen LogP contribution in [0.15, 0.2) is 109 Å². The highest BCUT2D eigenvalue weighted by Crippen LogP contribution is 2.27. The molecule has 4 aromatic carbocycles. The van der Waals surface area contributed by atoms with Crippen molar-refractivity contribution in [2.24, 2.45) is 0 Å². The summed E-state index contributed by atoms with van der Waals surface area (Å²) >= 11 is 0. The number of hydrogen-bond acceptors (Lipinski definition) is 2. The summed E-state index contributed by atoms with van der Waals surface area (Å²) in [6.07, 6.45) is 0. The van der Waals surface area contributed by atoms with Gasteiger partial charge in [-0.3, -0.25) is 14.5 Å². The predicted octanol–water partition coefficient (Wildman–Crippen LogP) is 6.23. The molecule has 0 atom stereocenters. The van der Waals surface area contributed by atoms with Crippen LogP contribution >= 0.6 is 0 Å². The third-order valence-electron chi connectivity index (χ3n) is 5.01. The summed E-state index contributed by atoms with van der Waals surface area (Å²) in [6, 6.07) is 33.5. The molecule has 152 valence electrons. The average molecular weight is 406 g/mol. The fourth-order valence-corrected chi connectivity index (χ4v) is 3.39. The van der Waals surface area contributed by atoms with Gasteiger partial charge in [-0.15, -0.1) is 0 Å². The highest BCUT2D eigenvalue weighted by molar-refractivity contribution is 6.11. The van der Waals surface area contributed by atoms with Crippen LogP contribution in [0.4, 0.5) is 17.1 Å². The molecule has 0 aliphatic heterocycles. The quantitative estimate of drug-likeness (QED) is 0.427. The lowest BCUT2D eigenvalue weighted by Crippen LogP contribution is -2.25. The van der Waals surface area contributed by atoms with Crippen molar-refractivity contribution >= 4 is 28.9 Å². The summed E-state index contributed by atoms with van der Waals surface area (Å²) < 4.78 is 0. The second-order valence-electron chi connectivity index (χ2n) is 7.16. The molecule has 4 heteroatoms. The van der Waals surface area contributed by atoms with Gasteiger partial charge in [0.1, 0.15) is 0 Å². The summed E-state index contributed by atoms with van der Waals surface area (Å²) in [7, 11) is 0. The molecule has 0 saturated carbocycles. The standard InChI is InChI=1S/C27H22N2O2/c1-20-10-8-9-15-25(20)26(30)28-22-18-16-21(17-19-22)27(31)29(23-11-4-2-5-12-23)24-13-6-3-7-14-24/h2-19H,1H3,(H,28,30). The van der Waals surface area contributed by atoms with Gasteiger partial charge in [0.2, 0.25) is 0 Å². The lowest BCUT2D eigenvalue weighted by Gasteiger charge is -2.23. The van der Waals surface area contributed by atoms with Crippen LogP contribution in [0.5, 0.6) is 0 Å². The van der Waals surface area contributed by atoms with Crippen molar-refractivity contribution in [1.82, 2.24) is 0 Å². The second-order valence-corrected chi connectivity index (χ2v) is 7.16. The number of para-hydroxylation sites is 2. The van der Waals surface area contributed by atoms with E-state index in [9.17, 15) is 9.59 Å². The Morgan fingerprint density at radius 3 is 1.71 bits per heavy atom. The van der Waals surface area contributed by atoms with E-state index < -0.39 is 0 Å². The Labute approximate surface area is 181 Å². The van der Waals surface area contributed by atoms with E-state index in [1.54, 1.807) is 35.2 Å². The highest BCUT2D eigenvalue weighted by Gasteiger charge is 2.19. The third kappa shape index (κ3) is 4.54. The van der Waals surface area contributed by atoms with Crippen molar-refractivity contribution in [3.63, 3.8) is 0 Å². The minimum absolute atomic E-state index is 0.144. The molecule has 0 fully saturated rings. The number of benzene rings is 4. The van der Waals surface area contributed by atoms with Crippen LogP contribution in [0.1, 0.15) is 26.3 Å². The normalized spacial score (nSPS) is 10.4. The maximum Gasteiger partial charge on any atom is 0.262 e. The maximum absolute atomic E-state index is 13.4. The van der Waals surface area contributed by atoms with Crippen LogP contribution < -0.4 is 10.2 Å². The smallest absolute Gasteiger partial charge is 0.262 e. The van der Waals surface area contributed by atoms with Crippen molar-refractivity contribution in [1.29, 1.82) is 0 Å². The maximum atomic E-state index is 13.4. The third-order valence-corrected chi connectivity index (χ3v) is 5.01. The summed E-state index contributed by atoms with van der Waals surface area (Å²) in [4.78, 5) is 27.6. The SMILES string of the molecule is Cc1ccccc1C(=O)Nc1ccc(C(=O)N(c2ccccc2)c2ccccc2)cc1. The van der Waals surface area contributed by atoms with Crippen molar-refractivity contribution < 1.29 is 9.59 Å². The van der Waals surface area contributed by atoms with E-state index in [-0.39, 0.29) is 11.8 Å². The van der Waals surface area contributed by atoms with E-state index in [1.165, 1.54) is 0 Å².